The summed E-state index contributed by atoms with van der Waals surface area (Å²) in [6, 6.07) is 7.04. The molecule has 1 aromatic heterocycles. The molecular formula is C16H20FN3S. The predicted molar refractivity (Wildman–Crippen MR) is 86.2 cm³/mol. The van der Waals surface area contributed by atoms with Crippen molar-refractivity contribution in [1.82, 2.24) is 9.88 Å². The molecule has 0 spiro atoms. The van der Waals surface area contributed by atoms with E-state index in [1.165, 1.54) is 25.0 Å². The van der Waals surface area contributed by atoms with Crippen molar-refractivity contribution in [2.24, 2.45) is 5.92 Å². The summed E-state index contributed by atoms with van der Waals surface area (Å²) < 4.78 is 12.9. The zero-order valence-corrected chi connectivity index (χ0v) is 13.2. The molecule has 0 radical (unpaired) electrons. The van der Waals surface area contributed by atoms with Crippen LogP contribution in [0, 0.1) is 11.7 Å². The number of thiazole rings is 1. The lowest BCUT2D eigenvalue weighted by molar-refractivity contribution is 0.276. The molecule has 0 saturated heterocycles. The Morgan fingerprint density at radius 1 is 1.33 bits per heavy atom. The molecule has 1 fully saturated rings. The van der Waals surface area contributed by atoms with Crippen molar-refractivity contribution in [3.05, 3.63) is 35.5 Å². The first-order chi connectivity index (χ1) is 10.1. The summed E-state index contributed by atoms with van der Waals surface area (Å²) in [5.41, 5.74) is 1.85. The summed E-state index contributed by atoms with van der Waals surface area (Å²) in [4.78, 5) is 6.88. The highest BCUT2D eigenvalue weighted by atomic mass is 32.1. The number of rotatable bonds is 6. The number of halogens is 1. The van der Waals surface area contributed by atoms with Crippen molar-refractivity contribution < 1.29 is 4.39 Å². The van der Waals surface area contributed by atoms with Crippen LogP contribution in [-0.4, -0.2) is 36.6 Å². The SMILES string of the molecule is CN(C)C(CNc1nc(-c2ccc(F)cc2)cs1)C1CC1. The Balaban J connectivity index is 1.63. The molecular weight excluding hydrogens is 285 g/mol. The molecule has 1 saturated carbocycles. The van der Waals surface area contributed by atoms with Crippen LogP contribution in [0.5, 0.6) is 0 Å². The van der Waals surface area contributed by atoms with Gasteiger partial charge in [0.1, 0.15) is 5.82 Å². The highest BCUT2D eigenvalue weighted by molar-refractivity contribution is 7.14. The molecule has 1 heterocycles. The van der Waals surface area contributed by atoms with Gasteiger partial charge in [0, 0.05) is 23.5 Å². The van der Waals surface area contributed by atoms with Gasteiger partial charge in [-0.25, -0.2) is 9.37 Å². The quantitative estimate of drug-likeness (QED) is 0.882. The molecule has 0 aliphatic heterocycles. The van der Waals surface area contributed by atoms with E-state index in [4.69, 9.17) is 0 Å². The van der Waals surface area contributed by atoms with Crippen molar-refractivity contribution in [1.29, 1.82) is 0 Å². The van der Waals surface area contributed by atoms with Crippen molar-refractivity contribution in [2.45, 2.75) is 18.9 Å². The van der Waals surface area contributed by atoms with Gasteiger partial charge >= 0.3 is 0 Å². The zero-order valence-electron chi connectivity index (χ0n) is 12.3. The standard InChI is InChI=1S/C16H20FN3S/c1-20(2)15(12-3-4-12)9-18-16-19-14(10-21-16)11-5-7-13(17)8-6-11/h5-8,10,12,15H,3-4,9H2,1-2H3,(H,18,19). The molecule has 1 aliphatic rings. The third kappa shape index (κ3) is 3.60. The number of nitrogens with one attached hydrogen (secondary N) is 1. The van der Waals surface area contributed by atoms with Crippen molar-refractivity contribution in [2.75, 3.05) is 26.0 Å². The van der Waals surface area contributed by atoms with E-state index in [-0.39, 0.29) is 5.82 Å². The monoisotopic (exact) mass is 305 g/mol. The van der Waals surface area contributed by atoms with E-state index in [0.717, 1.165) is 28.9 Å². The van der Waals surface area contributed by atoms with Gasteiger partial charge in [0.2, 0.25) is 0 Å². The number of anilines is 1. The van der Waals surface area contributed by atoms with Crippen LogP contribution < -0.4 is 5.32 Å². The van der Waals surface area contributed by atoms with Crippen molar-refractivity contribution in [3.8, 4) is 11.3 Å². The van der Waals surface area contributed by atoms with E-state index in [9.17, 15) is 4.39 Å². The maximum atomic E-state index is 12.9. The van der Waals surface area contributed by atoms with Gasteiger partial charge in [-0.15, -0.1) is 11.3 Å². The van der Waals surface area contributed by atoms with E-state index in [2.05, 4.69) is 29.3 Å². The lowest BCUT2D eigenvalue weighted by Crippen LogP contribution is -2.36. The Morgan fingerprint density at radius 3 is 2.67 bits per heavy atom. The summed E-state index contributed by atoms with van der Waals surface area (Å²) in [5.74, 6) is 0.606. The second-order valence-corrected chi connectivity index (χ2v) is 6.65. The number of hydrogen-bond donors (Lipinski definition) is 1. The molecule has 1 aliphatic carbocycles. The van der Waals surface area contributed by atoms with Crippen LogP contribution in [0.3, 0.4) is 0 Å². The minimum absolute atomic E-state index is 0.217. The largest absolute Gasteiger partial charge is 0.360 e. The van der Waals surface area contributed by atoms with Crippen LogP contribution in [0.25, 0.3) is 11.3 Å². The highest BCUT2D eigenvalue weighted by Gasteiger charge is 2.32. The predicted octanol–water partition coefficient (Wildman–Crippen LogP) is 3.70. The van der Waals surface area contributed by atoms with Crippen LogP contribution in [-0.2, 0) is 0 Å². The summed E-state index contributed by atoms with van der Waals surface area (Å²) in [7, 11) is 4.27. The van der Waals surface area contributed by atoms with E-state index in [0.29, 0.717) is 6.04 Å². The Labute approximate surface area is 128 Å². The fourth-order valence-corrected chi connectivity index (χ4v) is 3.28. The topological polar surface area (TPSA) is 28.2 Å². The van der Waals surface area contributed by atoms with E-state index in [1.54, 1.807) is 23.5 Å². The lowest BCUT2D eigenvalue weighted by Gasteiger charge is -2.24. The average molecular weight is 305 g/mol. The van der Waals surface area contributed by atoms with Gasteiger partial charge in [-0.05, 0) is 57.1 Å². The summed E-state index contributed by atoms with van der Waals surface area (Å²) >= 11 is 1.60. The Bertz CT molecular complexity index is 588. The Morgan fingerprint density at radius 2 is 2.05 bits per heavy atom. The normalized spacial score (nSPS) is 16.2. The van der Waals surface area contributed by atoms with Gasteiger partial charge in [0.05, 0.1) is 5.69 Å². The van der Waals surface area contributed by atoms with Crippen LogP contribution in [0.15, 0.2) is 29.6 Å². The molecule has 2 aromatic rings. The average Bonchev–Trinajstić information content (AvgIpc) is 3.18. The molecule has 21 heavy (non-hydrogen) atoms. The van der Waals surface area contributed by atoms with Crippen molar-refractivity contribution >= 4 is 16.5 Å². The summed E-state index contributed by atoms with van der Waals surface area (Å²) in [5, 5.41) is 6.38. The number of benzene rings is 1. The maximum absolute atomic E-state index is 12.9. The zero-order chi connectivity index (χ0) is 14.8. The number of likely N-dealkylation sites (N-methyl/N-ethyl adjacent to an activating group) is 1. The summed E-state index contributed by atoms with van der Waals surface area (Å²) in [6.07, 6.45) is 2.67. The molecule has 3 nitrogen and oxygen atoms in total. The fourth-order valence-electron chi connectivity index (χ4n) is 2.55. The second kappa shape index (κ2) is 6.12. The van der Waals surface area contributed by atoms with Crippen LogP contribution in [0.1, 0.15) is 12.8 Å². The molecule has 1 aromatic carbocycles. The van der Waals surface area contributed by atoms with Gasteiger partial charge in [-0.1, -0.05) is 0 Å². The first kappa shape index (κ1) is 14.5. The number of nitrogens with zero attached hydrogens (tertiary/aromatic N) is 2. The second-order valence-electron chi connectivity index (χ2n) is 5.79. The van der Waals surface area contributed by atoms with Crippen LogP contribution >= 0.6 is 11.3 Å². The van der Waals surface area contributed by atoms with E-state index in [1.807, 2.05) is 5.38 Å². The van der Waals surface area contributed by atoms with Gasteiger partial charge in [0.25, 0.3) is 0 Å². The fraction of sp³-hybridized carbons (Fsp3) is 0.438. The lowest BCUT2D eigenvalue weighted by atomic mass is 10.1. The maximum Gasteiger partial charge on any atom is 0.183 e. The van der Waals surface area contributed by atoms with Gasteiger partial charge in [-0.2, -0.15) is 0 Å². The van der Waals surface area contributed by atoms with Gasteiger partial charge in [0.15, 0.2) is 5.13 Å². The first-order valence-corrected chi connectivity index (χ1v) is 8.13. The molecule has 1 unspecified atom stereocenters. The molecule has 1 atom stereocenters. The minimum atomic E-state index is -0.217. The van der Waals surface area contributed by atoms with Crippen LogP contribution in [0.2, 0.25) is 0 Å². The number of aromatic nitrogens is 1. The third-order valence-electron chi connectivity index (χ3n) is 3.94. The van der Waals surface area contributed by atoms with Crippen molar-refractivity contribution in [3.63, 3.8) is 0 Å². The molecule has 0 bridgehead atoms. The van der Waals surface area contributed by atoms with Crippen LogP contribution in [0.4, 0.5) is 9.52 Å². The Kier molecular flexibility index (Phi) is 4.22. The molecule has 0 amide bonds. The molecule has 3 rings (SSSR count). The molecule has 1 N–H and O–H groups in total. The summed E-state index contributed by atoms with van der Waals surface area (Å²) in [6.45, 7) is 0.925. The number of hydrogen-bond acceptors (Lipinski definition) is 4. The Hall–Kier alpha value is -1.46. The highest BCUT2D eigenvalue weighted by Crippen LogP contribution is 2.35. The van der Waals surface area contributed by atoms with E-state index < -0.39 is 0 Å². The molecule has 5 heteroatoms. The molecule has 112 valence electrons. The van der Waals surface area contributed by atoms with Gasteiger partial charge < -0.3 is 10.2 Å². The minimum Gasteiger partial charge on any atom is -0.360 e. The first-order valence-electron chi connectivity index (χ1n) is 7.25. The smallest absolute Gasteiger partial charge is 0.183 e. The van der Waals surface area contributed by atoms with E-state index >= 15 is 0 Å². The third-order valence-corrected chi connectivity index (χ3v) is 4.74. The van der Waals surface area contributed by atoms with Gasteiger partial charge in [-0.3, -0.25) is 0 Å².